The van der Waals surface area contributed by atoms with Crippen molar-refractivity contribution in [3.63, 3.8) is 0 Å². The van der Waals surface area contributed by atoms with E-state index in [1.54, 1.807) is 12.1 Å². The molecule has 8 nitrogen and oxygen atoms in total. The van der Waals surface area contributed by atoms with Gasteiger partial charge >= 0.3 is 5.97 Å². The highest BCUT2D eigenvalue weighted by Gasteiger charge is 2.42. The van der Waals surface area contributed by atoms with Crippen LogP contribution in [0.1, 0.15) is 69.5 Å². The first-order valence-electron chi connectivity index (χ1n) is 19.7. The molecule has 0 atom stereocenters. The van der Waals surface area contributed by atoms with Crippen LogP contribution in [0, 0.1) is 0 Å². The summed E-state index contributed by atoms with van der Waals surface area (Å²) in [7, 11) is 0. The SMILES string of the molecule is CCCCc1nc(Cl)c(COC(=O)c2ccc(CCl)cc2)n1Cc1ccc(-c2ccccc2-c2nnnn2C(c2ccccc2)(c2ccccc2)c2ccccc2)cc1. The highest BCUT2D eigenvalue weighted by atomic mass is 35.5. The molecule has 0 saturated carbocycles. The molecule has 0 amide bonds. The molecule has 59 heavy (non-hydrogen) atoms. The highest BCUT2D eigenvalue weighted by molar-refractivity contribution is 6.30. The number of esters is 1. The van der Waals surface area contributed by atoms with Crippen molar-refractivity contribution in [2.24, 2.45) is 0 Å². The van der Waals surface area contributed by atoms with E-state index in [4.69, 9.17) is 43.2 Å². The second-order valence-corrected chi connectivity index (χ2v) is 15.0. The molecule has 0 saturated heterocycles. The largest absolute Gasteiger partial charge is 0.456 e. The Bertz CT molecular complexity index is 2530. The summed E-state index contributed by atoms with van der Waals surface area (Å²) in [5.74, 6) is 1.42. The second-order valence-electron chi connectivity index (χ2n) is 14.3. The highest BCUT2D eigenvalue weighted by Crippen LogP contribution is 2.43. The number of hydrogen-bond donors (Lipinski definition) is 0. The van der Waals surface area contributed by atoms with Crippen molar-refractivity contribution in [2.45, 2.75) is 50.8 Å². The van der Waals surface area contributed by atoms with Crippen LogP contribution in [0.3, 0.4) is 0 Å². The van der Waals surface area contributed by atoms with Gasteiger partial charge in [0.1, 0.15) is 18.0 Å². The molecule has 8 aromatic rings. The second kappa shape index (κ2) is 18.1. The number of carbonyl (C=O) groups excluding carboxylic acids is 1. The zero-order chi connectivity index (χ0) is 40.6. The zero-order valence-corrected chi connectivity index (χ0v) is 34.1. The summed E-state index contributed by atoms with van der Waals surface area (Å²) >= 11 is 12.7. The number of hydrogen-bond acceptors (Lipinski definition) is 6. The first-order chi connectivity index (χ1) is 29.0. The Kier molecular flexibility index (Phi) is 12.1. The van der Waals surface area contributed by atoms with Crippen LogP contribution in [0.5, 0.6) is 0 Å². The van der Waals surface area contributed by atoms with E-state index in [1.807, 2.05) is 47.1 Å². The van der Waals surface area contributed by atoms with Gasteiger partial charge in [-0.1, -0.05) is 177 Å². The average Bonchev–Trinajstić information content (AvgIpc) is 3.90. The van der Waals surface area contributed by atoms with Crippen molar-refractivity contribution in [1.29, 1.82) is 0 Å². The third-order valence-corrected chi connectivity index (χ3v) is 11.3. The van der Waals surface area contributed by atoms with Crippen molar-refractivity contribution in [3.8, 4) is 22.5 Å². The standard InChI is InChI=1S/C49H42Cl2N6O2/c1-2-3-23-45-52-46(51)44(34-59-48(58)38-30-24-35(32-50)25-31-38)56(45)33-36-26-28-37(29-27-36)42-21-13-14-22-43(42)47-53-54-55-57(47)49(39-15-7-4-8-16-39,40-17-9-5-10-18-40)41-19-11-6-12-20-41/h4-22,24-31H,2-3,23,32-34H2,1H3. The Balaban J connectivity index is 1.14. The summed E-state index contributed by atoms with van der Waals surface area (Å²) < 4.78 is 9.81. The van der Waals surface area contributed by atoms with E-state index in [2.05, 4.69) is 126 Å². The van der Waals surface area contributed by atoms with Crippen molar-refractivity contribution in [1.82, 2.24) is 29.8 Å². The fraction of sp³-hybridized carbons (Fsp3) is 0.163. The minimum Gasteiger partial charge on any atom is -0.456 e. The van der Waals surface area contributed by atoms with Crippen LogP contribution in [0.4, 0.5) is 0 Å². The third kappa shape index (κ3) is 8.06. The molecule has 8 rings (SSSR count). The van der Waals surface area contributed by atoms with Crippen LogP contribution in [-0.4, -0.2) is 35.7 Å². The molecule has 0 radical (unpaired) electrons. The van der Waals surface area contributed by atoms with Gasteiger partial charge in [-0.15, -0.1) is 16.7 Å². The molecule has 10 heteroatoms. The first kappa shape index (κ1) is 39.5. The predicted molar refractivity (Wildman–Crippen MR) is 233 cm³/mol. The lowest BCUT2D eigenvalue weighted by atomic mass is 9.77. The van der Waals surface area contributed by atoms with Gasteiger partial charge in [0.15, 0.2) is 11.0 Å². The van der Waals surface area contributed by atoms with Crippen LogP contribution < -0.4 is 0 Å². The minimum absolute atomic E-state index is 0.00926. The predicted octanol–water partition coefficient (Wildman–Crippen LogP) is 11.2. The molecule has 294 valence electrons. The van der Waals surface area contributed by atoms with Gasteiger partial charge < -0.3 is 9.30 Å². The number of benzene rings is 6. The number of ether oxygens (including phenoxy) is 1. The quantitative estimate of drug-likeness (QED) is 0.0582. The molecule has 2 heterocycles. The van der Waals surface area contributed by atoms with Gasteiger partial charge in [-0.05, 0) is 67.9 Å². The summed E-state index contributed by atoms with van der Waals surface area (Å²) in [6.07, 6.45) is 2.71. The van der Waals surface area contributed by atoms with E-state index in [0.717, 1.165) is 69.6 Å². The van der Waals surface area contributed by atoms with Crippen molar-refractivity contribution in [2.75, 3.05) is 0 Å². The molecule has 0 fully saturated rings. The molecule has 2 aromatic heterocycles. The maximum atomic E-state index is 13.0. The van der Waals surface area contributed by atoms with E-state index in [-0.39, 0.29) is 6.61 Å². The van der Waals surface area contributed by atoms with Gasteiger partial charge in [0.25, 0.3) is 0 Å². The number of carbonyl (C=O) groups is 1. The number of alkyl halides is 1. The number of halogens is 2. The Labute approximate surface area is 354 Å². The van der Waals surface area contributed by atoms with Crippen LogP contribution >= 0.6 is 23.2 Å². The van der Waals surface area contributed by atoms with Crippen molar-refractivity contribution in [3.05, 3.63) is 214 Å². The van der Waals surface area contributed by atoms with Crippen molar-refractivity contribution >= 4 is 29.2 Å². The molecule has 6 aromatic carbocycles. The lowest BCUT2D eigenvalue weighted by Gasteiger charge is -2.36. The topological polar surface area (TPSA) is 87.7 Å². The van der Waals surface area contributed by atoms with E-state index in [0.29, 0.717) is 34.7 Å². The number of aromatic nitrogens is 6. The average molecular weight is 818 g/mol. The molecule has 0 aliphatic carbocycles. The first-order valence-corrected chi connectivity index (χ1v) is 20.6. The van der Waals surface area contributed by atoms with E-state index in [1.165, 1.54) is 0 Å². The molecule has 0 bridgehead atoms. The summed E-state index contributed by atoms with van der Waals surface area (Å²) in [5.41, 5.74) is 8.16. The minimum atomic E-state index is -0.887. The fourth-order valence-electron chi connectivity index (χ4n) is 7.69. The van der Waals surface area contributed by atoms with Gasteiger partial charge in [-0.2, -0.15) is 0 Å². The lowest BCUT2D eigenvalue weighted by Crippen LogP contribution is -2.39. The van der Waals surface area contributed by atoms with Crippen LogP contribution in [0.15, 0.2) is 164 Å². The van der Waals surface area contributed by atoms with Gasteiger partial charge in [-0.25, -0.2) is 14.5 Å². The normalized spacial score (nSPS) is 11.4. The molecule has 0 unspecified atom stereocenters. The maximum Gasteiger partial charge on any atom is 0.338 e. The van der Waals surface area contributed by atoms with E-state index < -0.39 is 11.5 Å². The van der Waals surface area contributed by atoms with Gasteiger partial charge in [0, 0.05) is 24.4 Å². The van der Waals surface area contributed by atoms with Crippen LogP contribution in [-0.2, 0) is 35.7 Å². The molecular weight excluding hydrogens is 775 g/mol. The summed E-state index contributed by atoms with van der Waals surface area (Å²) in [6.45, 7) is 2.64. The molecule has 0 spiro atoms. The smallest absolute Gasteiger partial charge is 0.338 e. The van der Waals surface area contributed by atoms with E-state index in [9.17, 15) is 4.79 Å². The lowest BCUT2D eigenvalue weighted by molar-refractivity contribution is 0.0464. The Hall–Kier alpha value is -6.35. The van der Waals surface area contributed by atoms with Gasteiger partial charge in [0.2, 0.25) is 0 Å². The number of imidazole rings is 1. The number of nitrogens with zero attached hydrogens (tertiary/aromatic N) is 6. The molecule has 0 aliphatic heterocycles. The maximum absolute atomic E-state index is 13.0. The van der Waals surface area contributed by atoms with Crippen LogP contribution in [0.25, 0.3) is 22.5 Å². The number of unbranched alkanes of at least 4 members (excludes halogenated alkanes) is 1. The monoisotopic (exact) mass is 816 g/mol. The molecule has 0 N–H and O–H groups in total. The Morgan fingerprint density at radius 3 is 1.83 bits per heavy atom. The van der Waals surface area contributed by atoms with Gasteiger partial charge in [-0.3, -0.25) is 0 Å². The van der Waals surface area contributed by atoms with E-state index >= 15 is 0 Å². The molecular formula is C49H42Cl2N6O2. The third-order valence-electron chi connectivity index (χ3n) is 10.7. The number of tetrazole rings is 1. The summed E-state index contributed by atoms with van der Waals surface area (Å²) in [4.78, 5) is 17.7. The van der Waals surface area contributed by atoms with Crippen LogP contribution in [0.2, 0.25) is 5.15 Å². The van der Waals surface area contributed by atoms with Gasteiger partial charge in [0.05, 0.1) is 11.3 Å². The fourth-order valence-corrected chi connectivity index (χ4v) is 8.12. The summed E-state index contributed by atoms with van der Waals surface area (Å²) in [6, 6.07) is 55.0. The Morgan fingerprint density at radius 2 is 1.25 bits per heavy atom. The number of rotatable bonds is 15. The molecule has 0 aliphatic rings. The Morgan fingerprint density at radius 1 is 0.695 bits per heavy atom. The van der Waals surface area contributed by atoms with Crippen molar-refractivity contribution < 1.29 is 9.53 Å². The summed E-state index contributed by atoms with van der Waals surface area (Å²) in [5, 5.41) is 14.2. The number of aryl methyl sites for hydroxylation is 1. The zero-order valence-electron chi connectivity index (χ0n) is 32.6.